The van der Waals surface area contributed by atoms with Gasteiger partial charge in [0, 0.05) is 37.8 Å². The molecule has 0 aromatic heterocycles. The number of benzene rings is 1. The summed E-state index contributed by atoms with van der Waals surface area (Å²) in [5.74, 6) is -1.36. The quantitative estimate of drug-likeness (QED) is 0.240. The Balaban J connectivity index is 2.02. The fraction of sp³-hybridized carbons (Fsp3) is 0.500. The third kappa shape index (κ3) is 6.34. The number of piperidine rings is 1. The molecule has 1 aliphatic heterocycles. The molecule has 1 unspecified atom stereocenters. The van der Waals surface area contributed by atoms with Crippen LogP contribution >= 0.6 is 0 Å². The number of likely N-dealkylation sites (N-methyl/N-ethyl adjacent to an activating group) is 1. The first-order valence-corrected chi connectivity index (χ1v) is 9.78. The number of carbonyl (C=O) groups excluding carboxylic acids is 4. The predicted octanol–water partition coefficient (Wildman–Crippen LogP) is -0.220. The van der Waals surface area contributed by atoms with Gasteiger partial charge in [0.2, 0.25) is 11.8 Å². The van der Waals surface area contributed by atoms with Crippen molar-refractivity contribution in [1.29, 1.82) is 0 Å². The number of hydrogen-bond acceptors (Lipinski definition) is 8. The molecule has 1 aromatic rings. The lowest BCUT2D eigenvalue weighted by atomic mass is 10.0. The van der Waals surface area contributed by atoms with Crippen LogP contribution in [0.1, 0.15) is 33.6 Å². The highest BCUT2D eigenvalue weighted by molar-refractivity contribution is 6.08. The van der Waals surface area contributed by atoms with Crippen LogP contribution in [0.15, 0.2) is 18.2 Å². The number of nitrogens with zero attached hydrogens (tertiary/aromatic N) is 1. The van der Waals surface area contributed by atoms with E-state index in [1.54, 1.807) is 12.1 Å². The summed E-state index contributed by atoms with van der Waals surface area (Å²) in [5, 5.41) is 5.34. The largest absolute Gasteiger partial charge is 0.382 e. The molecule has 1 aromatic carbocycles. The van der Waals surface area contributed by atoms with Crippen LogP contribution in [-0.2, 0) is 19.1 Å². The number of rotatable bonds is 12. The van der Waals surface area contributed by atoms with E-state index in [2.05, 4.69) is 10.6 Å². The van der Waals surface area contributed by atoms with Gasteiger partial charge in [-0.2, -0.15) is 0 Å². The Hall–Kier alpha value is -2.82. The lowest BCUT2D eigenvalue weighted by Crippen LogP contribution is -2.53. The molecular formula is C20H28N4O6. The molecule has 0 radical (unpaired) electrons. The summed E-state index contributed by atoms with van der Waals surface area (Å²) in [6.45, 7) is 2.57. The second-order valence-electron chi connectivity index (χ2n) is 6.71. The third-order valence-electron chi connectivity index (χ3n) is 4.63. The van der Waals surface area contributed by atoms with Crippen LogP contribution in [0.2, 0.25) is 0 Å². The molecule has 10 nitrogen and oxygen atoms in total. The van der Waals surface area contributed by atoms with Gasteiger partial charge in [-0.1, -0.05) is 12.1 Å². The van der Waals surface area contributed by atoms with Gasteiger partial charge in [-0.3, -0.25) is 24.5 Å². The van der Waals surface area contributed by atoms with Crippen molar-refractivity contribution in [2.45, 2.75) is 18.9 Å². The summed E-state index contributed by atoms with van der Waals surface area (Å²) >= 11 is 0. The van der Waals surface area contributed by atoms with Crippen LogP contribution in [0.25, 0.3) is 0 Å². The zero-order valence-electron chi connectivity index (χ0n) is 17.0. The van der Waals surface area contributed by atoms with E-state index < -0.39 is 17.9 Å². The van der Waals surface area contributed by atoms with Crippen molar-refractivity contribution in [2.75, 3.05) is 51.9 Å². The number of carbonyl (C=O) groups is 4. The number of imide groups is 1. The number of hydrogen-bond donors (Lipinski definition) is 3. The summed E-state index contributed by atoms with van der Waals surface area (Å²) in [6.07, 6.45) is 0.988. The van der Waals surface area contributed by atoms with Crippen molar-refractivity contribution in [3.8, 4) is 0 Å². The Morgan fingerprint density at radius 3 is 2.67 bits per heavy atom. The first kappa shape index (κ1) is 23.5. The van der Waals surface area contributed by atoms with Crippen LogP contribution in [0, 0.1) is 0 Å². The van der Waals surface area contributed by atoms with Crippen molar-refractivity contribution >= 4 is 29.7 Å². The van der Waals surface area contributed by atoms with E-state index in [-0.39, 0.29) is 29.9 Å². The van der Waals surface area contributed by atoms with Gasteiger partial charge in [-0.15, -0.1) is 0 Å². The summed E-state index contributed by atoms with van der Waals surface area (Å²) < 4.78 is 10.7. The van der Waals surface area contributed by atoms with E-state index in [1.165, 1.54) is 18.0 Å². The van der Waals surface area contributed by atoms with Crippen LogP contribution in [-0.4, -0.2) is 81.5 Å². The topological polar surface area (TPSA) is 140 Å². The first-order valence-electron chi connectivity index (χ1n) is 9.78. The minimum atomic E-state index is -0.778. The highest BCUT2D eigenvalue weighted by Crippen LogP contribution is 2.23. The fourth-order valence-electron chi connectivity index (χ4n) is 3.09. The van der Waals surface area contributed by atoms with Gasteiger partial charge in [-0.25, -0.2) is 0 Å². The summed E-state index contributed by atoms with van der Waals surface area (Å²) in [5.41, 5.74) is 6.18. The second kappa shape index (κ2) is 12.0. The highest BCUT2D eigenvalue weighted by Gasteiger charge is 2.34. The molecule has 2 rings (SSSR count). The smallest absolute Gasteiger partial charge is 0.257 e. The molecule has 0 bridgehead atoms. The normalized spacial score (nSPS) is 16.1. The SMILES string of the molecule is CN(C(=O)c1c(C=O)cccc1NCCOCCOCCN)C1CCC(=O)NC1=O. The van der Waals surface area contributed by atoms with E-state index in [0.717, 1.165) is 0 Å². The lowest BCUT2D eigenvalue weighted by Gasteiger charge is -2.30. The molecule has 0 aliphatic carbocycles. The Kier molecular flexibility index (Phi) is 9.39. The van der Waals surface area contributed by atoms with Crippen molar-refractivity contribution in [3.05, 3.63) is 29.3 Å². The van der Waals surface area contributed by atoms with Crippen LogP contribution < -0.4 is 16.4 Å². The molecule has 1 saturated heterocycles. The molecule has 10 heteroatoms. The number of ether oxygens (including phenoxy) is 2. The highest BCUT2D eigenvalue weighted by atomic mass is 16.5. The van der Waals surface area contributed by atoms with Gasteiger partial charge in [-0.05, 0) is 12.5 Å². The molecule has 1 fully saturated rings. The van der Waals surface area contributed by atoms with Gasteiger partial charge in [0.05, 0.1) is 32.0 Å². The van der Waals surface area contributed by atoms with Crippen molar-refractivity contribution in [2.24, 2.45) is 5.73 Å². The van der Waals surface area contributed by atoms with E-state index in [0.29, 0.717) is 51.5 Å². The van der Waals surface area contributed by atoms with Gasteiger partial charge in [0.15, 0.2) is 6.29 Å². The molecule has 30 heavy (non-hydrogen) atoms. The standard InChI is InChI=1S/C20H28N4O6/c1-24(16-5-6-17(26)23-19(16)27)20(28)18-14(13-25)3-2-4-15(18)22-8-10-30-12-11-29-9-7-21/h2-4,13,16,22H,5-12,21H2,1H3,(H,23,26,27). The maximum Gasteiger partial charge on any atom is 0.257 e. The second-order valence-corrected chi connectivity index (χ2v) is 6.71. The van der Waals surface area contributed by atoms with Gasteiger partial charge in [0.1, 0.15) is 6.04 Å². The van der Waals surface area contributed by atoms with Crippen LogP contribution in [0.4, 0.5) is 5.69 Å². The van der Waals surface area contributed by atoms with E-state index in [1.807, 2.05) is 0 Å². The minimum absolute atomic E-state index is 0.154. The predicted molar refractivity (Wildman–Crippen MR) is 109 cm³/mol. The number of nitrogens with one attached hydrogen (secondary N) is 2. The third-order valence-corrected chi connectivity index (χ3v) is 4.63. The number of anilines is 1. The van der Waals surface area contributed by atoms with Gasteiger partial charge < -0.3 is 25.4 Å². The van der Waals surface area contributed by atoms with Crippen molar-refractivity contribution in [3.63, 3.8) is 0 Å². The first-order chi connectivity index (χ1) is 14.5. The van der Waals surface area contributed by atoms with Crippen molar-refractivity contribution in [1.82, 2.24) is 10.2 Å². The Morgan fingerprint density at radius 2 is 2.00 bits per heavy atom. The molecule has 1 aliphatic rings. The monoisotopic (exact) mass is 420 g/mol. The Labute approximate surface area is 175 Å². The molecule has 164 valence electrons. The minimum Gasteiger partial charge on any atom is -0.382 e. The average molecular weight is 420 g/mol. The number of amides is 3. The zero-order valence-corrected chi connectivity index (χ0v) is 17.0. The number of aldehydes is 1. The molecular weight excluding hydrogens is 392 g/mol. The number of nitrogens with two attached hydrogens (primary N) is 1. The van der Waals surface area contributed by atoms with E-state index in [4.69, 9.17) is 15.2 Å². The molecule has 0 saturated carbocycles. The molecule has 3 amide bonds. The maximum atomic E-state index is 13.1. The maximum absolute atomic E-state index is 13.1. The van der Waals surface area contributed by atoms with Gasteiger partial charge >= 0.3 is 0 Å². The summed E-state index contributed by atoms with van der Waals surface area (Å²) in [6, 6.07) is 4.11. The molecule has 1 heterocycles. The molecule has 1 atom stereocenters. The van der Waals surface area contributed by atoms with E-state index in [9.17, 15) is 19.2 Å². The average Bonchev–Trinajstić information content (AvgIpc) is 2.74. The van der Waals surface area contributed by atoms with Crippen LogP contribution in [0.3, 0.4) is 0 Å². The Bertz CT molecular complexity index is 770. The molecule has 4 N–H and O–H groups in total. The van der Waals surface area contributed by atoms with Crippen LogP contribution in [0.5, 0.6) is 0 Å². The van der Waals surface area contributed by atoms with E-state index >= 15 is 0 Å². The summed E-state index contributed by atoms with van der Waals surface area (Å²) in [7, 11) is 1.48. The van der Waals surface area contributed by atoms with Gasteiger partial charge in [0.25, 0.3) is 5.91 Å². The molecule has 0 spiro atoms. The zero-order chi connectivity index (χ0) is 21.9. The lowest BCUT2D eigenvalue weighted by molar-refractivity contribution is -0.136. The fourth-order valence-corrected chi connectivity index (χ4v) is 3.09. The Morgan fingerprint density at radius 1 is 1.27 bits per heavy atom. The van der Waals surface area contributed by atoms with Crippen molar-refractivity contribution < 1.29 is 28.7 Å². The summed E-state index contributed by atoms with van der Waals surface area (Å²) in [4.78, 5) is 49.4.